The predicted octanol–water partition coefficient (Wildman–Crippen LogP) is 1.13. The van der Waals surface area contributed by atoms with E-state index in [9.17, 15) is 4.79 Å². The van der Waals surface area contributed by atoms with Gasteiger partial charge in [-0.05, 0) is 31.9 Å². The average Bonchev–Trinajstić information content (AvgIpc) is 2.84. The molecule has 5 nitrogen and oxygen atoms in total. The van der Waals surface area contributed by atoms with Crippen molar-refractivity contribution in [3.8, 4) is 0 Å². The topological polar surface area (TPSA) is 69.3 Å². The molecule has 3 atom stereocenters. The molecule has 3 unspecified atom stereocenters. The van der Waals surface area contributed by atoms with E-state index in [1.165, 1.54) is 0 Å². The highest BCUT2D eigenvalue weighted by Gasteiger charge is 2.40. The maximum atomic E-state index is 12.3. The zero-order valence-electron chi connectivity index (χ0n) is 11.6. The lowest BCUT2D eigenvalue weighted by molar-refractivity contribution is -0.0301. The van der Waals surface area contributed by atoms with Crippen LogP contribution in [0.3, 0.4) is 0 Å². The monoisotopic (exact) mass is 265 g/mol. The highest BCUT2D eigenvalue weighted by atomic mass is 16.5. The highest BCUT2D eigenvalue weighted by Crippen LogP contribution is 2.23. The molecule has 0 radical (unpaired) electrons. The summed E-state index contributed by atoms with van der Waals surface area (Å²) in [7, 11) is 0. The normalized spacial score (nSPS) is 25.9. The van der Waals surface area contributed by atoms with Crippen molar-refractivity contribution in [2.45, 2.75) is 51.4 Å². The fourth-order valence-electron chi connectivity index (χ4n) is 2.51. The third-order valence-electron chi connectivity index (χ3n) is 3.57. The Balaban J connectivity index is 1.98. The summed E-state index contributed by atoms with van der Waals surface area (Å²) in [6, 6.07) is 3.66. The van der Waals surface area contributed by atoms with Crippen LogP contribution < -0.4 is 11.1 Å². The average molecular weight is 265 g/mol. The van der Waals surface area contributed by atoms with E-state index >= 15 is 0 Å². The molecule has 2 rings (SSSR count). The van der Waals surface area contributed by atoms with Crippen LogP contribution in [-0.4, -0.2) is 35.3 Å². The Labute approximate surface area is 114 Å². The molecule has 106 valence electrons. The Hall–Kier alpha value is -1.33. The van der Waals surface area contributed by atoms with Gasteiger partial charge in [-0.25, -0.2) is 0 Å². The number of hydrogen-bond donors (Lipinski definition) is 2. The minimum absolute atomic E-state index is 0.00455. The van der Waals surface area contributed by atoms with E-state index in [2.05, 4.69) is 12.2 Å². The highest BCUT2D eigenvalue weighted by molar-refractivity contribution is 5.93. The molecule has 5 heteroatoms. The number of nitrogens with one attached hydrogen (secondary N) is 1. The smallest absolute Gasteiger partial charge is 0.268 e. The number of amides is 1. The number of aromatic nitrogens is 1. The Morgan fingerprint density at radius 1 is 1.58 bits per heavy atom. The van der Waals surface area contributed by atoms with Crippen molar-refractivity contribution in [3.63, 3.8) is 0 Å². The van der Waals surface area contributed by atoms with Crippen LogP contribution >= 0.6 is 0 Å². The van der Waals surface area contributed by atoms with Crippen LogP contribution in [0.15, 0.2) is 18.3 Å². The lowest BCUT2D eigenvalue weighted by Gasteiger charge is -2.42. The minimum Gasteiger partial charge on any atom is -0.376 e. The first-order valence-electron chi connectivity index (χ1n) is 7.00. The second-order valence-electron chi connectivity index (χ2n) is 4.98. The molecule has 0 spiro atoms. The van der Waals surface area contributed by atoms with Gasteiger partial charge >= 0.3 is 0 Å². The predicted molar refractivity (Wildman–Crippen MR) is 74.0 cm³/mol. The number of hydrogen-bond acceptors (Lipinski definition) is 3. The van der Waals surface area contributed by atoms with Crippen molar-refractivity contribution in [1.82, 2.24) is 9.88 Å². The van der Waals surface area contributed by atoms with E-state index in [1.807, 2.05) is 29.8 Å². The van der Waals surface area contributed by atoms with Gasteiger partial charge in [0.15, 0.2) is 0 Å². The SMILES string of the molecule is CCCn1cccc1C(=O)NC1C(N)CC1OCC. The number of rotatable bonds is 6. The van der Waals surface area contributed by atoms with Crippen molar-refractivity contribution >= 4 is 5.91 Å². The molecule has 1 aliphatic rings. The fraction of sp³-hybridized carbons (Fsp3) is 0.643. The summed E-state index contributed by atoms with van der Waals surface area (Å²) >= 11 is 0. The molecular formula is C14H23N3O2. The van der Waals surface area contributed by atoms with Crippen LogP contribution in [0.1, 0.15) is 37.2 Å². The molecule has 1 amide bonds. The largest absolute Gasteiger partial charge is 0.376 e. The molecule has 1 heterocycles. The zero-order chi connectivity index (χ0) is 13.8. The number of nitrogens with zero attached hydrogens (tertiary/aromatic N) is 1. The van der Waals surface area contributed by atoms with Gasteiger partial charge in [0.1, 0.15) is 5.69 Å². The van der Waals surface area contributed by atoms with E-state index in [4.69, 9.17) is 10.5 Å². The van der Waals surface area contributed by atoms with E-state index < -0.39 is 0 Å². The number of nitrogens with two attached hydrogens (primary N) is 1. The van der Waals surface area contributed by atoms with Gasteiger partial charge in [0, 0.05) is 25.4 Å². The summed E-state index contributed by atoms with van der Waals surface area (Å²) in [6.07, 6.45) is 3.80. The first-order valence-corrected chi connectivity index (χ1v) is 7.00. The maximum Gasteiger partial charge on any atom is 0.268 e. The van der Waals surface area contributed by atoms with Crippen molar-refractivity contribution in [2.75, 3.05) is 6.61 Å². The molecule has 0 saturated heterocycles. The number of ether oxygens (including phenoxy) is 1. The second-order valence-corrected chi connectivity index (χ2v) is 4.98. The summed E-state index contributed by atoms with van der Waals surface area (Å²) in [4.78, 5) is 12.3. The third kappa shape index (κ3) is 2.98. The Kier molecular flexibility index (Phi) is 4.61. The molecule has 0 aromatic carbocycles. The zero-order valence-corrected chi connectivity index (χ0v) is 11.6. The standard InChI is InChI=1S/C14H23N3O2/c1-3-7-17-8-5-6-11(17)14(18)16-13-10(15)9-12(13)19-4-2/h5-6,8,10,12-13H,3-4,7,9,15H2,1-2H3,(H,16,18). The van der Waals surface area contributed by atoms with Crippen LogP contribution in [0.4, 0.5) is 0 Å². The molecule has 19 heavy (non-hydrogen) atoms. The van der Waals surface area contributed by atoms with Crippen molar-refractivity contribution in [1.29, 1.82) is 0 Å². The minimum atomic E-state index is -0.0718. The van der Waals surface area contributed by atoms with Gasteiger partial charge in [0.25, 0.3) is 5.91 Å². The molecule has 3 N–H and O–H groups in total. The van der Waals surface area contributed by atoms with E-state index in [-0.39, 0.29) is 24.1 Å². The second kappa shape index (κ2) is 6.21. The van der Waals surface area contributed by atoms with Gasteiger partial charge in [-0.3, -0.25) is 4.79 Å². The summed E-state index contributed by atoms with van der Waals surface area (Å²) in [6.45, 7) is 5.54. The first kappa shape index (κ1) is 14.1. The fourth-order valence-corrected chi connectivity index (χ4v) is 2.51. The van der Waals surface area contributed by atoms with Gasteiger partial charge in [-0.1, -0.05) is 6.92 Å². The van der Waals surface area contributed by atoms with Crippen LogP contribution in [0.2, 0.25) is 0 Å². The lowest BCUT2D eigenvalue weighted by atomic mass is 9.83. The maximum absolute atomic E-state index is 12.3. The first-order chi connectivity index (χ1) is 9.17. The Morgan fingerprint density at radius 2 is 2.37 bits per heavy atom. The molecule has 1 aromatic heterocycles. The molecule has 0 bridgehead atoms. The van der Waals surface area contributed by atoms with Crippen molar-refractivity contribution in [2.24, 2.45) is 5.73 Å². The molecule has 1 fully saturated rings. The number of aryl methyl sites for hydroxylation is 1. The molecule has 0 aliphatic heterocycles. The lowest BCUT2D eigenvalue weighted by Crippen LogP contribution is -2.64. The quantitative estimate of drug-likeness (QED) is 0.810. The Morgan fingerprint density at radius 3 is 3.00 bits per heavy atom. The van der Waals surface area contributed by atoms with Crippen molar-refractivity contribution in [3.05, 3.63) is 24.0 Å². The molecular weight excluding hydrogens is 242 g/mol. The van der Waals surface area contributed by atoms with Gasteiger partial charge in [0.05, 0.1) is 12.1 Å². The summed E-state index contributed by atoms with van der Waals surface area (Å²) in [5, 5.41) is 2.99. The number of carbonyl (C=O) groups is 1. The van der Waals surface area contributed by atoms with Crippen LogP contribution in [0.5, 0.6) is 0 Å². The van der Waals surface area contributed by atoms with Gasteiger partial charge in [-0.15, -0.1) is 0 Å². The van der Waals surface area contributed by atoms with Crippen LogP contribution in [0.25, 0.3) is 0 Å². The summed E-state index contributed by atoms with van der Waals surface area (Å²) in [5.74, 6) is -0.0664. The Bertz CT molecular complexity index is 428. The van der Waals surface area contributed by atoms with Crippen LogP contribution in [-0.2, 0) is 11.3 Å². The molecule has 1 aromatic rings. The van der Waals surface area contributed by atoms with E-state index in [0.29, 0.717) is 12.3 Å². The van der Waals surface area contributed by atoms with Crippen molar-refractivity contribution < 1.29 is 9.53 Å². The molecule has 1 aliphatic carbocycles. The summed E-state index contributed by atoms with van der Waals surface area (Å²) < 4.78 is 7.52. The number of carbonyl (C=O) groups excluding carboxylic acids is 1. The summed E-state index contributed by atoms with van der Waals surface area (Å²) in [5.41, 5.74) is 6.63. The van der Waals surface area contributed by atoms with Gasteiger partial charge in [-0.2, -0.15) is 0 Å². The van der Waals surface area contributed by atoms with Gasteiger partial charge < -0.3 is 20.4 Å². The molecule has 1 saturated carbocycles. The van der Waals surface area contributed by atoms with Crippen LogP contribution in [0, 0.1) is 0 Å². The van der Waals surface area contributed by atoms with E-state index in [0.717, 1.165) is 19.4 Å². The third-order valence-corrected chi connectivity index (χ3v) is 3.57. The van der Waals surface area contributed by atoms with E-state index in [1.54, 1.807) is 0 Å². The van der Waals surface area contributed by atoms with Gasteiger partial charge in [0.2, 0.25) is 0 Å².